The third-order valence-electron chi connectivity index (χ3n) is 6.31. The summed E-state index contributed by atoms with van der Waals surface area (Å²) in [7, 11) is 0. The molecule has 0 radical (unpaired) electrons. The minimum Gasteiger partial charge on any atom is -0.484 e. The number of unbranched alkanes of at least 4 members (excludes halogenated alkanes) is 1. The van der Waals surface area contributed by atoms with E-state index in [0.717, 1.165) is 18.4 Å². The van der Waals surface area contributed by atoms with Crippen molar-refractivity contribution in [2.45, 2.75) is 58.5 Å². The van der Waals surface area contributed by atoms with E-state index in [-0.39, 0.29) is 25.0 Å². The fourth-order valence-corrected chi connectivity index (χ4v) is 4.05. The maximum absolute atomic E-state index is 14.6. The Kier molecular flexibility index (Phi) is 10.7. The van der Waals surface area contributed by atoms with Crippen molar-refractivity contribution >= 4 is 11.8 Å². The van der Waals surface area contributed by atoms with Gasteiger partial charge >= 0.3 is 0 Å². The molecule has 0 heterocycles. The van der Waals surface area contributed by atoms with Gasteiger partial charge in [-0.3, -0.25) is 9.59 Å². The number of amides is 2. The van der Waals surface area contributed by atoms with Gasteiger partial charge in [-0.25, -0.2) is 4.39 Å². The van der Waals surface area contributed by atoms with Crippen LogP contribution in [0.2, 0.25) is 0 Å². The second-order valence-corrected chi connectivity index (χ2v) is 9.48. The SMILES string of the molecule is CCCCNC(=O)C(Cc1ccccc1)N(Cc1ccccc1F)C(=O)COc1ccc(C(C)C)cc1. The number of hydrogen-bond donors (Lipinski definition) is 1. The van der Waals surface area contributed by atoms with Crippen molar-refractivity contribution in [3.8, 4) is 5.75 Å². The van der Waals surface area contributed by atoms with Gasteiger partial charge in [0.25, 0.3) is 5.91 Å². The molecule has 0 aliphatic carbocycles. The molecule has 6 heteroatoms. The summed E-state index contributed by atoms with van der Waals surface area (Å²) >= 11 is 0. The van der Waals surface area contributed by atoms with E-state index in [2.05, 4.69) is 19.2 Å². The van der Waals surface area contributed by atoms with Crippen LogP contribution in [0, 0.1) is 5.82 Å². The molecule has 2 amide bonds. The maximum Gasteiger partial charge on any atom is 0.261 e. The van der Waals surface area contributed by atoms with Crippen molar-refractivity contribution in [3.05, 3.63) is 101 Å². The molecule has 0 bridgehead atoms. The largest absolute Gasteiger partial charge is 0.484 e. The van der Waals surface area contributed by atoms with E-state index in [0.29, 0.717) is 30.2 Å². The Balaban J connectivity index is 1.87. The van der Waals surface area contributed by atoms with Crippen molar-refractivity contribution < 1.29 is 18.7 Å². The summed E-state index contributed by atoms with van der Waals surface area (Å²) in [6.07, 6.45) is 2.08. The Labute approximate surface area is 219 Å². The molecule has 0 aliphatic heterocycles. The Morgan fingerprint density at radius 2 is 1.62 bits per heavy atom. The fourth-order valence-electron chi connectivity index (χ4n) is 4.05. The molecule has 0 fully saturated rings. The monoisotopic (exact) mass is 504 g/mol. The zero-order chi connectivity index (χ0) is 26.6. The summed E-state index contributed by atoms with van der Waals surface area (Å²) in [6.45, 7) is 6.48. The smallest absolute Gasteiger partial charge is 0.261 e. The second kappa shape index (κ2) is 14.2. The van der Waals surface area contributed by atoms with Gasteiger partial charge in [0.05, 0.1) is 0 Å². The summed E-state index contributed by atoms with van der Waals surface area (Å²) < 4.78 is 20.5. The number of halogens is 1. The number of hydrogen-bond acceptors (Lipinski definition) is 3. The number of nitrogens with zero attached hydrogens (tertiary/aromatic N) is 1. The van der Waals surface area contributed by atoms with Crippen LogP contribution in [0.25, 0.3) is 0 Å². The molecule has 3 rings (SSSR count). The average molecular weight is 505 g/mol. The third-order valence-corrected chi connectivity index (χ3v) is 6.31. The lowest BCUT2D eigenvalue weighted by Gasteiger charge is -2.31. The second-order valence-electron chi connectivity index (χ2n) is 9.48. The van der Waals surface area contributed by atoms with E-state index in [1.165, 1.54) is 16.5 Å². The van der Waals surface area contributed by atoms with E-state index in [1.807, 2.05) is 61.5 Å². The normalized spacial score (nSPS) is 11.7. The number of carbonyl (C=O) groups excluding carboxylic acids is 2. The lowest BCUT2D eigenvalue weighted by molar-refractivity contribution is -0.142. The van der Waals surface area contributed by atoms with E-state index in [4.69, 9.17) is 4.74 Å². The van der Waals surface area contributed by atoms with Crippen molar-refractivity contribution in [2.75, 3.05) is 13.2 Å². The van der Waals surface area contributed by atoms with Gasteiger partial charge in [0, 0.05) is 25.1 Å². The van der Waals surface area contributed by atoms with Crippen LogP contribution in [0.15, 0.2) is 78.9 Å². The van der Waals surface area contributed by atoms with Gasteiger partial charge in [-0.15, -0.1) is 0 Å². The Bertz CT molecular complexity index is 1130. The minimum absolute atomic E-state index is 0.0418. The van der Waals surface area contributed by atoms with Gasteiger partial charge in [0.15, 0.2) is 6.61 Å². The van der Waals surface area contributed by atoms with Crippen molar-refractivity contribution in [2.24, 2.45) is 0 Å². The van der Waals surface area contributed by atoms with Crippen molar-refractivity contribution in [3.63, 3.8) is 0 Å². The predicted molar refractivity (Wildman–Crippen MR) is 145 cm³/mol. The van der Waals surface area contributed by atoms with Gasteiger partial charge < -0.3 is 15.0 Å². The number of ether oxygens (including phenoxy) is 1. The molecular formula is C31H37FN2O3. The summed E-state index contributed by atoms with van der Waals surface area (Å²) in [5.74, 6) is -0.117. The highest BCUT2D eigenvalue weighted by Gasteiger charge is 2.31. The summed E-state index contributed by atoms with van der Waals surface area (Å²) in [5, 5.41) is 2.96. The lowest BCUT2D eigenvalue weighted by atomic mass is 10.0. The first-order valence-corrected chi connectivity index (χ1v) is 13.0. The fraction of sp³-hybridized carbons (Fsp3) is 0.355. The zero-order valence-electron chi connectivity index (χ0n) is 22.0. The lowest BCUT2D eigenvalue weighted by Crippen LogP contribution is -2.52. The molecule has 3 aromatic rings. The number of carbonyl (C=O) groups is 2. The molecule has 1 atom stereocenters. The van der Waals surface area contributed by atoms with Crippen LogP contribution in [0.4, 0.5) is 4.39 Å². The highest BCUT2D eigenvalue weighted by molar-refractivity contribution is 5.88. The third kappa shape index (κ3) is 8.45. The molecule has 1 N–H and O–H groups in total. The van der Waals surface area contributed by atoms with Gasteiger partial charge in [-0.1, -0.05) is 87.9 Å². The summed E-state index contributed by atoms with van der Waals surface area (Å²) in [5.41, 5.74) is 2.43. The van der Waals surface area contributed by atoms with Gasteiger partial charge in [0.1, 0.15) is 17.6 Å². The molecular weight excluding hydrogens is 467 g/mol. The van der Waals surface area contributed by atoms with Gasteiger partial charge in [-0.2, -0.15) is 0 Å². The molecule has 0 saturated heterocycles. The predicted octanol–water partition coefficient (Wildman–Crippen LogP) is 5.88. The van der Waals surface area contributed by atoms with Crippen LogP contribution >= 0.6 is 0 Å². The quantitative estimate of drug-likeness (QED) is 0.296. The molecule has 0 aliphatic rings. The Morgan fingerprint density at radius 1 is 0.946 bits per heavy atom. The molecule has 1 unspecified atom stereocenters. The number of rotatable bonds is 13. The first-order valence-electron chi connectivity index (χ1n) is 13.0. The van der Waals surface area contributed by atoms with E-state index in [9.17, 15) is 14.0 Å². The number of benzene rings is 3. The van der Waals surface area contributed by atoms with E-state index < -0.39 is 11.9 Å². The van der Waals surface area contributed by atoms with Crippen LogP contribution in [0.5, 0.6) is 5.75 Å². The molecule has 37 heavy (non-hydrogen) atoms. The van der Waals surface area contributed by atoms with Gasteiger partial charge in [-0.05, 0) is 41.7 Å². The van der Waals surface area contributed by atoms with Crippen molar-refractivity contribution in [1.82, 2.24) is 10.2 Å². The molecule has 196 valence electrons. The average Bonchev–Trinajstić information content (AvgIpc) is 2.91. The minimum atomic E-state index is -0.821. The molecule has 0 saturated carbocycles. The Hall–Kier alpha value is -3.67. The topological polar surface area (TPSA) is 58.6 Å². The standard InChI is InChI=1S/C31H37FN2O3/c1-4-5-19-33-31(36)29(20-24-11-7-6-8-12-24)34(21-26-13-9-10-14-28(26)32)30(35)22-37-27-17-15-25(16-18-27)23(2)3/h6-18,23,29H,4-5,19-22H2,1-3H3,(H,33,36). The first kappa shape index (κ1) is 27.9. The molecule has 0 spiro atoms. The van der Waals surface area contributed by atoms with Crippen LogP contribution in [0.1, 0.15) is 56.2 Å². The van der Waals surface area contributed by atoms with E-state index in [1.54, 1.807) is 18.2 Å². The summed E-state index contributed by atoms with van der Waals surface area (Å²) in [4.78, 5) is 28.4. The van der Waals surface area contributed by atoms with E-state index >= 15 is 0 Å². The maximum atomic E-state index is 14.6. The van der Waals surface area contributed by atoms with Crippen molar-refractivity contribution in [1.29, 1.82) is 0 Å². The Morgan fingerprint density at radius 3 is 2.27 bits per heavy atom. The molecule has 5 nitrogen and oxygen atoms in total. The molecule has 3 aromatic carbocycles. The zero-order valence-corrected chi connectivity index (χ0v) is 22.0. The highest BCUT2D eigenvalue weighted by Crippen LogP contribution is 2.20. The van der Waals surface area contributed by atoms with Crippen LogP contribution in [-0.2, 0) is 22.6 Å². The van der Waals surface area contributed by atoms with Crippen LogP contribution in [-0.4, -0.2) is 35.9 Å². The van der Waals surface area contributed by atoms with Crippen LogP contribution in [0.3, 0.4) is 0 Å². The first-order chi connectivity index (χ1) is 17.9. The number of nitrogens with one attached hydrogen (secondary N) is 1. The molecule has 0 aromatic heterocycles. The summed E-state index contributed by atoms with van der Waals surface area (Å²) in [6, 6.07) is 22.7. The van der Waals surface area contributed by atoms with Crippen LogP contribution < -0.4 is 10.1 Å². The van der Waals surface area contributed by atoms with Gasteiger partial charge in [0.2, 0.25) is 5.91 Å². The highest BCUT2D eigenvalue weighted by atomic mass is 19.1.